The molecule has 2 heterocycles. The zero-order valence-electron chi connectivity index (χ0n) is 11.0. The molecule has 0 spiro atoms. The van der Waals surface area contributed by atoms with Crippen LogP contribution in [0.2, 0.25) is 0 Å². The van der Waals surface area contributed by atoms with Crippen LogP contribution in [-0.2, 0) is 13.1 Å². The van der Waals surface area contributed by atoms with Gasteiger partial charge in [-0.2, -0.15) is 0 Å². The average molecular weight is 258 g/mol. The Morgan fingerprint density at radius 3 is 3.21 bits per heavy atom. The Labute approximate surface area is 112 Å². The van der Waals surface area contributed by atoms with Gasteiger partial charge in [-0.1, -0.05) is 6.07 Å². The minimum atomic E-state index is 0.729. The second kappa shape index (κ2) is 5.32. The summed E-state index contributed by atoms with van der Waals surface area (Å²) in [7, 11) is 1.96. The molecule has 2 aromatic rings. The Morgan fingerprint density at radius 2 is 2.42 bits per heavy atom. The lowest BCUT2D eigenvalue weighted by molar-refractivity contribution is 0.306. The Kier molecular flexibility index (Phi) is 3.37. The molecule has 5 nitrogen and oxygen atoms in total. The molecule has 5 heteroatoms. The van der Waals surface area contributed by atoms with Crippen molar-refractivity contribution in [3.05, 3.63) is 42.0 Å². The van der Waals surface area contributed by atoms with Crippen molar-refractivity contribution in [2.45, 2.75) is 13.1 Å². The fraction of sp³-hybridized carbons (Fsp3) is 0.357. The Bertz CT molecular complexity index is 538. The normalized spacial score (nSPS) is 14.1. The summed E-state index contributed by atoms with van der Waals surface area (Å²) in [6, 6.07) is 6.36. The van der Waals surface area contributed by atoms with Crippen molar-refractivity contribution in [1.82, 2.24) is 15.3 Å². The van der Waals surface area contributed by atoms with Crippen LogP contribution >= 0.6 is 0 Å². The number of anilines is 1. The Balaban J connectivity index is 1.86. The van der Waals surface area contributed by atoms with E-state index in [1.807, 2.05) is 13.2 Å². The number of hydrogen-bond donors (Lipinski definition) is 2. The molecule has 1 aromatic heterocycles. The SMILES string of the molecule is CNCc1ccc2c(c1)N(Cc1cnc[nH]1)CCO2. The summed E-state index contributed by atoms with van der Waals surface area (Å²) in [5, 5.41) is 3.18. The van der Waals surface area contributed by atoms with E-state index in [9.17, 15) is 0 Å². The molecular formula is C14H18N4O. The third-order valence-electron chi connectivity index (χ3n) is 3.28. The summed E-state index contributed by atoms with van der Waals surface area (Å²) in [5.41, 5.74) is 3.54. The lowest BCUT2D eigenvalue weighted by Crippen LogP contribution is -2.32. The van der Waals surface area contributed by atoms with E-state index in [1.165, 1.54) is 5.56 Å². The zero-order valence-corrected chi connectivity index (χ0v) is 11.0. The molecule has 19 heavy (non-hydrogen) atoms. The molecule has 0 radical (unpaired) electrons. The van der Waals surface area contributed by atoms with Crippen LogP contribution in [0.1, 0.15) is 11.3 Å². The van der Waals surface area contributed by atoms with E-state index < -0.39 is 0 Å². The fourth-order valence-electron chi connectivity index (χ4n) is 2.37. The monoisotopic (exact) mass is 258 g/mol. The molecule has 1 aromatic carbocycles. The fourth-order valence-corrected chi connectivity index (χ4v) is 2.37. The second-order valence-electron chi connectivity index (χ2n) is 4.68. The maximum absolute atomic E-state index is 5.72. The summed E-state index contributed by atoms with van der Waals surface area (Å²) in [6.07, 6.45) is 3.58. The Morgan fingerprint density at radius 1 is 1.47 bits per heavy atom. The van der Waals surface area contributed by atoms with Gasteiger partial charge < -0.3 is 19.9 Å². The van der Waals surface area contributed by atoms with Gasteiger partial charge in [0.15, 0.2) is 0 Å². The highest BCUT2D eigenvalue weighted by Crippen LogP contribution is 2.33. The average Bonchev–Trinajstić information content (AvgIpc) is 2.93. The lowest BCUT2D eigenvalue weighted by Gasteiger charge is -2.31. The first kappa shape index (κ1) is 12.0. The van der Waals surface area contributed by atoms with Crippen molar-refractivity contribution in [3.63, 3.8) is 0 Å². The van der Waals surface area contributed by atoms with E-state index in [0.29, 0.717) is 0 Å². The summed E-state index contributed by atoms with van der Waals surface area (Å²) < 4.78 is 5.72. The molecule has 2 N–H and O–H groups in total. The molecule has 0 atom stereocenters. The topological polar surface area (TPSA) is 53.2 Å². The van der Waals surface area contributed by atoms with Gasteiger partial charge in [-0.3, -0.25) is 0 Å². The molecule has 0 amide bonds. The van der Waals surface area contributed by atoms with Crippen LogP contribution in [0.15, 0.2) is 30.7 Å². The first-order chi connectivity index (χ1) is 9.36. The minimum absolute atomic E-state index is 0.729. The van der Waals surface area contributed by atoms with Gasteiger partial charge in [0.2, 0.25) is 0 Å². The number of nitrogens with zero attached hydrogens (tertiary/aromatic N) is 2. The zero-order chi connectivity index (χ0) is 13.1. The number of fused-ring (bicyclic) bond motifs is 1. The standard InChI is InChI=1S/C14H18N4O/c1-15-7-11-2-3-14-13(6-11)18(4-5-19-14)9-12-8-16-10-17-12/h2-3,6,8,10,15H,4-5,7,9H2,1H3,(H,16,17). The molecule has 1 aliphatic heterocycles. The highest BCUT2D eigenvalue weighted by Gasteiger charge is 2.18. The summed E-state index contributed by atoms with van der Waals surface area (Å²) in [6.45, 7) is 3.33. The molecule has 3 rings (SSSR count). The van der Waals surface area contributed by atoms with E-state index in [1.54, 1.807) is 6.33 Å². The number of H-pyrrole nitrogens is 1. The number of nitrogens with one attached hydrogen (secondary N) is 2. The van der Waals surface area contributed by atoms with Gasteiger partial charge in [0.25, 0.3) is 0 Å². The van der Waals surface area contributed by atoms with Crippen molar-refractivity contribution < 1.29 is 4.74 Å². The van der Waals surface area contributed by atoms with Crippen molar-refractivity contribution in [2.75, 3.05) is 25.1 Å². The van der Waals surface area contributed by atoms with Gasteiger partial charge in [0.1, 0.15) is 12.4 Å². The number of aromatic amines is 1. The summed E-state index contributed by atoms with van der Waals surface area (Å²) in [4.78, 5) is 9.54. The van der Waals surface area contributed by atoms with Gasteiger partial charge in [-0.05, 0) is 24.7 Å². The molecule has 0 saturated carbocycles. The minimum Gasteiger partial charge on any atom is -0.490 e. The molecule has 0 fully saturated rings. The third-order valence-corrected chi connectivity index (χ3v) is 3.28. The third kappa shape index (κ3) is 2.56. The van der Waals surface area contributed by atoms with Crippen molar-refractivity contribution >= 4 is 5.69 Å². The number of benzene rings is 1. The van der Waals surface area contributed by atoms with E-state index >= 15 is 0 Å². The van der Waals surface area contributed by atoms with Crippen molar-refractivity contribution in [2.24, 2.45) is 0 Å². The largest absolute Gasteiger partial charge is 0.490 e. The van der Waals surface area contributed by atoms with E-state index in [4.69, 9.17) is 4.74 Å². The van der Waals surface area contributed by atoms with E-state index in [2.05, 4.69) is 38.4 Å². The van der Waals surface area contributed by atoms with Gasteiger partial charge in [0.05, 0.1) is 30.8 Å². The number of aromatic nitrogens is 2. The number of rotatable bonds is 4. The predicted molar refractivity (Wildman–Crippen MR) is 74.3 cm³/mol. The van der Waals surface area contributed by atoms with Crippen LogP contribution in [0.4, 0.5) is 5.69 Å². The quantitative estimate of drug-likeness (QED) is 0.873. The lowest BCUT2D eigenvalue weighted by atomic mass is 10.1. The smallest absolute Gasteiger partial charge is 0.142 e. The summed E-state index contributed by atoms with van der Waals surface area (Å²) in [5.74, 6) is 0.964. The van der Waals surface area contributed by atoms with Gasteiger partial charge in [-0.25, -0.2) is 4.98 Å². The second-order valence-corrected chi connectivity index (χ2v) is 4.68. The summed E-state index contributed by atoms with van der Waals surface area (Å²) >= 11 is 0. The first-order valence-electron chi connectivity index (χ1n) is 6.49. The van der Waals surface area contributed by atoms with Crippen LogP contribution in [-0.4, -0.2) is 30.2 Å². The molecule has 0 saturated heterocycles. The maximum atomic E-state index is 5.72. The molecule has 100 valence electrons. The molecule has 1 aliphatic rings. The van der Waals surface area contributed by atoms with Gasteiger partial charge in [0, 0.05) is 12.7 Å². The molecule has 0 aliphatic carbocycles. The molecule has 0 unspecified atom stereocenters. The van der Waals surface area contributed by atoms with Gasteiger partial charge in [-0.15, -0.1) is 0 Å². The predicted octanol–water partition coefficient (Wildman–Crippen LogP) is 1.53. The Hall–Kier alpha value is -2.01. The van der Waals surface area contributed by atoms with Crippen LogP contribution in [0.5, 0.6) is 5.75 Å². The molecular weight excluding hydrogens is 240 g/mol. The maximum Gasteiger partial charge on any atom is 0.142 e. The molecule has 0 bridgehead atoms. The highest BCUT2D eigenvalue weighted by atomic mass is 16.5. The highest BCUT2D eigenvalue weighted by molar-refractivity contribution is 5.61. The van der Waals surface area contributed by atoms with Crippen LogP contribution in [0, 0.1) is 0 Å². The van der Waals surface area contributed by atoms with E-state index in [-0.39, 0.29) is 0 Å². The number of hydrogen-bond acceptors (Lipinski definition) is 4. The van der Waals surface area contributed by atoms with Gasteiger partial charge >= 0.3 is 0 Å². The van der Waals surface area contributed by atoms with Crippen LogP contribution < -0.4 is 15.0 Å². The van der Waals surface area contributed by atoms with Crippen LogP contribution in [0.3, 0.4) is 0 Å². The first-order valence-corrected chi connectivity index (χ1v) is 6.49. The number of ether oxygens (including phenoxy) is 1. The van der Waals surface area contributed by atoms with Crippen LogP contribution in [0.25, 0.3) is 0 Å². The van der Waals surface area contributed by atoms with Crippen molar-refractivity contribution in [3.8, 4) is 5.75 Å². The number of imidazole rings is 1. The van der Waals surface area contributed by atoms with Crippen molar-refractivity contribution in [1.29, 1.82) is 0 Å². The van der Waals surface area contributed by atoms with E-state index in [0.717, 1.165) is 43.4 Å².